The molecule has 104 valence electrons. The van der Waals surface area contributed by atoms with Gasteiger partial charge in [-0.25, -0.2) is 0 Å². The van der Waals surface area contributed by atoms with Crippen molar-refractivity contribution in [2.75, 3.05) is 13.7 Å². The number of rotatable bonds is 6. The van der Waals surface area contributed by atoms with Gasteiger partial charge in [0.25, 0.3) is 0 Å². The van der Waals surface area contributed by atoms with Gasteiger partial charge >= 0.3 is 0 Å². The van der Waals surface area contributed by atoms with Gasteiger partial charge in [-0.05, 0) is 36.0 Å². The topological polar surface area (TPSA) is 79.9 Å². The van der Waals surface area contributed by atoms with E-state index >= 15 is 0 Å². The lowest BCUT2D eigenvalue weighted by Gasteiger charge is -2.12. The summed E-state index contributed by atoms with van der Waals surface area (Å²) in [6.07, 6.45) is 2.61. The number of hydrogen-bond acceptors (Lipinski definition) is 4. The van der Waals surface area contributed by atoms with Crippen LogP contribution in [0.4, 0.5) is 0 Å². The van der Waals surface area contributed by atoms with E-state index in [1.165, 1.54) is 12.8 Å². The first-order chi connectivity index (χ1) is 9.08. The number of amidine groups is 1. The Morgan fingerprint density at radius 1 is 1.53 bits per heavy atom. The Balaban J connectivity index is 2.04. The lowest BCUT2D eigenvalue weighted by molar-refractivity contribution is 0.318. The molecule has 0 aromatic heterocycles. The zero-order valence-electron chi connectivity index (χ0n) is 11.4. The Kier molecular flexibility index (Phi) is 3.95. The second-order valence-corrected chi connectivity index (χ2v) is 5.43. The maximum Gasteiger partial charge on any atom is 0.173 e. The number of nitrogens with two attached hydrogens (primary N) is 1. The van der Waals surface area contributed by atoms with E-state index in [1.807, 2.05) is 18.2 Å². The van der Waals surface area contributed by atoms with Gasteiger partial charge in [0.2, 0.25) is 0 Å². The number of ether oxygens (including phenoxy) is 1. The Morgan fingerprint density at radius 3 is 2.84 bits per heavy atom. The zero-order chi connectivity index (χ0) is 13.9. The molecule has 1 aromatic carbocycles. The molecule has 1 fully saturated rings. The molecule has 0 radical (unpaired) electrons. The van der Waals surface area contributed by atoms with Gasteiger partial charge in [-0.2, -0.15) is 0 Å². The first kappa shape index (κ1) is 13.7. The average molecular weight is 263 g/mol. The molecule has 0 amide bonds. The maximum absolute atomic E-state index is 8.78. The van der Waals surface area contributed by atoms with Crippen LogP contribution < -0.4 is 15.8 Å². The summed E-state index contributed by atoms with van der Waals surface area (Å²) in [5, 5.41) is 15.3. The fraction of sp³-hybridized carbons (Fsp3) is 0.500. The van der Waals surface area contributed by atoms with Crippen LogP contribution >= 0.6 is 0 Å². The number of oxime groups is 1. The van der Waals surface area contributed by atoms with Gasteiger partial charge in [0.1, 0.15) is 5.75 Å². The Hall–Kier alpha value is -1.75. The van der Waals surface area contributed by atoms with Crippen molar-refractivity contribution in [3.05, 3.63) is 29.3 Å². The van der Waals surface area contributed by atoms with Gasteiger partial charge in [-0.1, -0.05) is 18.1 Å². The molecule has 1 aliphatic rings. The molecule has 0 saturated heterocycles. The van der Waals surface area contributed by atoms with Gasteiger partial charge in [-0.3, -0.25) is 0 Å². The number of nitrogens with one attached hydrogen (secondary N) is 1. The highest BCUT2D eigenvalue weighted by atomic mass is 16.5. The highest BCUT2D eigenvalue weighted by Crippen LogP contribution is 2.44. The summed E-state index contributed by atoms with van der Waals surface area (Å²) in [7, 11) is 1.56. The van der Waals surface area contributed by atoms with E-state index in [4.69, 9.17) is 15.7 Å². The summed E-state index contributed by atoms with van der Waals surface area (Å²) in [4.78, 5) is 0. The molecule has 1 saturated carbocycles. The first-order valence-corrected chi connectivity index (χ1v) is 6.43. The number of methoxy groups -OCH3 is 1. The Bertz CT molecular complexity index is 482. The van der Waals surface area contributed by atoms with Crippen molar-refractivity contribution in [1.29, 1.82) is 0 Å². The van der Waals surface area contributed by atoms with Crippen molar-refractivity contribution in [2.45, 2.75) is 26.3 Å². The first-order valence-electron chi connectivity index (χ1n) is 6.43. The van der Waals surface area contributed by atoms with Crippen LogP contribution in [0.3, 0.4) is 0 Å². The van der Waals surface area contributed by atoms with Gasteiger partial charge in [0.15, 0.2) is 5.84 Å². The van der Waals surface area contributed by atoms with E-state index in [2.05, 4.69) is 17.4 Å². The molecule has 0 unspecified atom stereocenters. The molecule has 1 aromatic rings. The molecule has 0 heterocycles. The summed E-state index contributed by atoms with van der Waals surface area (Å²) >= 11 is 0. The zero-order valence-corrected chi connectivity index (χ0v) is 11.4. The van der Waals surface area contributed by atoms with Crippen LogP contribution in [0.25, 0.3) is 0 Å². The van der Waals surface area contributed by atoms with Crippen molar-refractivity contribution in [3.8, 4) is 5.75 Å². The van der Waals surface area contributed by atoms with E-state index in [0.717, 1.165) is 18.7 Å². The summed E-state index contributed by atoms with van der Waals surface area (Å²) < 4.78 is 5.20. The van der Waals surface area contributed by atoms with Crippen LogP contribution in [0.15, 0.2) is 23.4 Å². The average Bonchev–Trinajstić information content (AvgIpc) is 3.15. The summed E-state index contributed by atoms with van der Waals surface area (Å²) in [6, 6.07) is 5.70. The Labute approximate surface area is 113 Å². The summed E-state index contributed by atoms with van der Waals surface area (Å²) in [5.41, 5.74) is 7.84. The molecule has 0 spiro atoms. The molecular weight excluding hydrogens is 242 g/mol. The third-order valence-corrected chi connectivity index (χ3v) is 3.63. The minimum Gasteiger partial charge on any atom is -0.496 e. The highest BCUT2D eigenvalue weighted by Gasteiger charge is 2.36. The van der Waals surface area contributed by atoms with Crippen molar-refractivity contribution >= 4 is 5.84 Å². The molecule has 0 bridgehead atoms. The van der Waals surface area contributed by atoms with Crippen molar-refractivity contribution in [2.24, 2.45) is 16.3 Å². The molecule has 5 heteroatoms. The van der Waals surface area contributed by atoms with E-state index in [0.29, 0.717) is 16.7 Å². The predicted molar refractivity (Wildman–Crippen MR) is 74.6 cm³/mol. The molecule has 2 rings (SSSR count). The summed E-state index contributed by atoms with van der Waals surface area (Å²) in [5.74, 6) is 0.668. The van der Waals surface area contributed by atoms with Crippen LogP contribution in [-0.4, -0.2) is 24.7 Å². The lowest BCUT2D eigenvalue weighted by atomic mass is 10.1. The minimum atomic E-state index is 0.0628. The molecule has 1 aliphatic carbocycles. The molecule has 0 aliphatic heterocycles. The van der Waals surface area contributed by atoms with E-state index in [9.17, 15) is 0 Å². The van der Waals surface area contributed by atoms with Crippen LogP contribution in [0.5, 0.6) is 5.75 Å². The fourth-order valence-electron chi connectivity index (χ4n) is 2.02. The van der Waals surface area contributed by atoms with Gasteiger partial charge in [-0.15, -0.1) is 0 Å². The van der Waals surface area contributed by atoms with Gasteiger partial charge in [0, 0.05) is 13.1 Å². The van der Waals surface area contributed by atoms with E-state index in [-0.39, 0.29) is 5.84 Å². The number of hydrogen-bond donors (Lipinski definition) is 3. The van der Waals surface area contributed by atoms with Crippen LogP contribution in [0.1, 0.15) is 30.9 Å². The monoisotopic (exact) mass is 263 g/mol. The molecule has 5 nitrogen and oxygen atoms in total. The maximum atomic E-state index is 8.78. The number of nitrogens with zero attached hydrogens (tertiary/aromatic N) is 1. The van der Waals surface area contributed by atoms with Gasteiger partial charge in [0.05, 0.1) is 12.7 Å². The smallest absolute Gasteiger partial charge is 0.173 e. The van der Waals surface area contributed by atoms with E-state index in [1.54, 1.807) is 7.11 Å². The van der Waals surface area contributed by atoms with Crippen molar-refractivity contribution in [3.63, 3.8) is 0 Å². The third kappa shape index (κ3) is 3.38. The van der Waals surface area contributed by atoms with Crippen molar-refractivity contribution in [1.82, 2.24) is 5.32 Å². The number of benzene rings is 1. The fourth-order valence-corrected chi connectivity index (χ4v) is 2.02. The SMILES string of the molecule is COc1ccc(CNCC2(C)CC2)cc1/C(N)=N/O. The minimum absolute atomic E-state index is 0.0628. The lowest BCUT2D eigenvalue weighted by Crippen LogP contribution is -2.22. The molecule has 19 heavy (non-hydrogen) atoms. The van der Waals surface area contributed by atoms with Crippen molar-refractivity contribution < 1.29 is 9.94 Å². The second kappa shape index (κ2) is 5.48. The predicted octanol–water partition coefficient (Wildman–Crippen LogP) is 1.68. The Morgan fingerprint density at radius 2 is 2.26 bits per heavy atom. The quantitative estimate of drug-likeness (QED) is 0.316. The van der Waals surface area contributed by atoms with Gasteiger partial charge < -0.3 is 21.0 Å². The molecule has 0 atom stereocenters. The second-order valence-electron chi connectivity index (χ2n) is 5.43. The third-order valence-electron chi connectivity index (χ3n) is 3.63. The molecule has 4 N–H and O–H groups in total. The summed E-state index contributed by atoms with van der Waals surface area (Å²) in [6.45, 7) is 4.08. The molecular formula is C14H21N3O2. The largest absolute Gasteiger partial charge is 0.496 e. The van der Waals surface area contributed by atoms with Crippen LogP contribution in [0.2, 0.25) is 0 Å². The standard InChI is InChI=1S/C14H21N3O2/c1-14(5-6-14)9-16-8-10-3-4-12(19-2)11(7-10)13(15)17-18/h3-4,7,16,18H,5-6,8-9H2,1-2H3,(H2,15,17). The van der Waals surface area contributed by atoms with E-state index < -0.39 is 0 Å². The highest BCUT2D eigenvalue weighted by molar-refractivity contribution is 5.99. The normalized spacial score (nSPS) is 17.3. The van der Waals surface area contributed by atoms with Crippen LogP contribution in [-0.2, 0) is 6.54 Å². The van der Waals surface area contributed by atoms with Crippen LogP contribution in [0, 0.1) is 5.41 Å².